The maximum Gasteiger partial charge on any atom is 0.401 e. The Hall–Kier alpha value is -0.820. The minimum atomic E-state index is -4.30. The molecule has 0 saturated carbocycles. The van der Waals surface area contributed by atoms with Crippen LogP contribution in [-0.2, 0) is 9.53 Å². The van der Waals surface area contributed by atoms with Gasteiger partial charge in [-0.05, 0) is 12.8 Å². The Bertz CT molecular complexity index is 256. The van der Waals surface area contributed by atoms with Gasteiger partial charge in [0.1, 0.15) is 0 Å². The van der Waals surface area contributed by atoms with Gasteiger partial charge in [-0.15, -0.1) is 0 Å². The first kappa shape index (κ1) is 18.2. The Kier molecular flexibility index (Phi) is 8.75. The fourth-order valence-electron chi connectivity index (χ4n) is 1.84. The van der Waals surface area contributed by atoms with Gasteiger partial charge in [0.2, 0.25) is 5.91 Å². The van der Waals surface area contributed by atoms with E-state index in [2.05, 4.69) is 5.32 Å². The maximum atomic E-state index is 12.0. The first-order valence-corrected chi connectivity index (χ1v) is 6.41. The van der Waals surface area contributed by atoms with Crippen molar-refractivity contribution in [2.45, 2.75) is 38.9 Å². The molecule has 0 aromatic carbocycles. The number of hydrogen-bond acceptors (Lipinski definition) is 3. The zero-order chi connectivity index (χ0) is 14.9. The Morgan fingerprint density at radius 2 is 1.89 bits per heavy atom. The highest BCUT2D eigenvalue weighted by molar-refractivity contribution is 5.78. The summed E-state index contributed by atoms with van der Waals surface area (Å²) in [4.78, 5) is 13.5. The standard InChI is InChI=1S/C12H23F3N2O2/c1-4-10(5-2)17(6-7-19-3)11(18)8-16-9-12(13,14)15/h10,16H,4-9H2,1-3H3. The first-order valence-electron chi connectivity index (χ1n) is 6.41. The van der Waals surface area contributed by atoms with E-state index in [9.17, 15) is 18.0 Å². The number of hydrogen-bond donors (Lipinski definition) is 1. The number of rotatable bonds is 9. The molecule has 0 radical (unpaired) electrons. The molecule has 19 heavy (non-hydrogen) atoms. The predicted octanol–water partition coefficient (Wildman–Crippen LogP) is 1.80. The predicted molar refractivity (Wildman–Crippen MR) is 66.9 cm³/mol. The molecule has 1 N–H and O–H groups in total. The van der Waals surface area contributed by atoms with Crippen molar-refractivity contribution >= 4 is 5.91 Å². The third-order valence-corrected chi connectivity index (χ3v) is 2.84. The van der Waals surface area contributed by atoms with Gasteiger partial charge in [-0.2, -0.15) is 13.2 Å². The van der Waals surface area contributed by atoms with Crippen LogP contribution in [0, 0.1) is 0 Å². The molecule has 0 atom stereocenters. The number of amides is 1. The Balaban J connectivity index is 4.37. The van der Waals surface area contributed by atoms with Gasteiger partial charge in [0, 0.05) is 19.7 Å². The van der Waals surface area contributed by atoms with Crippen LogP contribution in [0.4, 0.5) is 13.2 Å². The summed E-state index contributed by atoms with van der Waals surface area (Å²) in [5.41, 5.74) is 0. The highest BCUT2D eigenvalue weighted by Crippen LogP contribution is 2.12. The van der Waals surface area contributed by atoms with Crippen LogP contribution in [-0.4, -0.2) is 56.4 Å². The lowest BCUT2D eigenvalue weighted by Crippen LogP contribution is -2.46. The summed E-state index contributed by atoms with van der Waals surface area (Å²) in [6.45, 7) is 3.21. The summed E-state index contributed by atoms with van der Waals surface area (Å²) < 4.78 is 40.9. The lowest BCUT2D eigenvalue weighted by molar-refractivity contribution is -0.136. The van der Waals surface area contributed by atoms with Crippen LogP contribution in [0.15, 0.2) is 0 Å². The quantitative estimate of drug-likeness (QED) is 0.702. The topological polar surface area (TPSA) is 41.6 Å². The number of carbonyl (C=O) groups is 1. The Morgan fingerprint density at radius 3 is 2.32 bits per heavy atom. The lowest BCUT2D eigenvalue weighted by Gasteiger charge is -2.30. The Labute approximate surface area is 112 Å². The molecule has 114 valence electrons. The normalized spacial score (nSPS) is 11.9. The molecule has 0 aromatic rings. The van der Waals surface area contributed by atoms with E-state index in [-0.39, 0.29) is 18.5 Å². The average molecular weight is 284 g/mol. The smallest absolute Gasteiger partial charge is 0.383 e. The molecule has 0 aliphatic rings. The molecule has 0 heterocycles. The van der Waals surface area contributed by atoms with Crippen molar-refractivity contribution in [1.29, 1.82) is 0 Å². The third kappa shape index (κ3) is 8.05. The zero-order valence-corrected chi connectivity index (χ0v) is 11.7. The van der Waals surface area contributed by atoms with E-state index in [1.54, 1.807) is 4.90 Å². The van der Waals surface area contributed by atoms with Gasteiger partial charge in [0.15, 0.2) is 0 Å². The molecule has 0 aromatic heterocycles. The van der Waals surface area contributed by atoms with Crippen molar-refractivity contribution in [2.75, 3.05) is 33.4 Å². The van der Waals surface area contributed by atoms with Crippen LogP contribution >= 0.6 is 0 Å². The summed E-state index contributed by atoms with van der Waals surface area (Å²) in [7, 11) is 1.53. The summed E-state index contributed by atoms with van der Waals surface area (Å²) in [5, 5.41) is 2.13. The van der Waals surface area contributed by atoms with E-state index in [1.807, 2.05) is 13.8 Å². The average Bonchev–Trinajstić information content (AvgIpc) is 2.32. The molecule has 0 aliphatic heterocycles. The van der Waals surface area contributed by atoms with Crippen LogP contribution in [0.3, 0.4) is 0 Å². The maximum absolute atomic E-state index is 12.0. The fraction of sp³-hybridized carbons (Fsp3) is 0.917. The second-order valence-corrected chi connectivity index (χ2v) is 4.27. The van der Waals surface area contributed by atoms with Gasteiger partial charge in [0.05, 0.1) is 19.7 Å². The minimum absolute atomic E-state index is 0.0373. The number of alkyl halides is 3. The van der Waals surface area contributed by atoms with Crippen LogP contribution in [0.1, 0.15) is 26.7 Å². The second-order valence-electron chi connectivity index (χ2n) is 4.27. The molecular weight excluding hydrogens is 261 g/mol. The second kappa shape index (κ2) is 9.14. The van der Waals surface area contributed by atoms with Gasteiger partial charge >= 0.3 is 6.18 Å². The van der Waals surface area contributed by atoms with E-state index < -0.39 is 12.7 Å². The summed E-state index contributed by atoms with van der Waals surface area (Å²) in [6, 6.07) is 0.0373. The fourth-order valence-corrected chi connectivity index (χ4v) is 1.84. The highest BCUT2D eigenvalue weighted by Gasteiger charge is 2.27. The first-order chi connectivity index (χ1) is 8.85. The molecule has 4 nitrogen and oxygen atoms in total. The van der Waals surface area contributed by atoms with Crippen LogP contribution < -0.4 is 5.32 Å². The molecule has 0 saturated heterocycles. The SMILES string of the molecule is CCC(CC)N(CCOC)C(=O)CNCC(F)(F)F. The zero-order valence-electron chi connectivity index (χ0n) is 11.7. The number of halogens is 3. The number of nitrogens with one attached hydrogen (secondary N) is 1. The van der Waals surface area contributed by atoms with Crippen molar-refractivity contribution < 1.29 is 22.7 Å². The van der Waals surface area contributed by atoms with Crippen LogP contribution in [0.25, 0.3) is 0 Å². The molecule has 0 bridgehead atoms. The van der Waals surface area contributed by atoms with E-state index in [0.717, 1.165) is 12.8 Å². The van der Waals surface area contributed by atoms with E-state index in [0.29, 0.717) is 13.2 Å². The molecule has 7 heteroatoms. The van der Waals surface area contributed by atoms with Gasteiger partial charge in [-0.3, -0.25) is 4.79 Å². The van der Waals surface area contributed by atoms with Crippen molar-refractivity contribution in [3.63, 3.8) is 0 Å². The third-order valence-electron chi connectivity index (χ3n) is 2.84. The molecule has 1 amide bonds. The van der Waals surface area contributed by atoms with E-state index in [4.69, 9.17) is 4.74 Å². The van der Waals surface area contributed by atoms with Gasteiger partial charge in [-0.1, -0.05) is 13.8 Å². The van der Waals surface area contributed by atoms with Crippen LogP contribution in [0.5, 0.6) is 0 Å². The summed E-state index contributed by atoms with van der Waals surface area (Å²) in [6.07, 6.45) is -2.76. The van der Waals surface area contributed by atoms with Crippen molar-refractivity contribution in [2.24, 2.45) is 0 Å². The molecule has 0 fully saturated rings. The minimum Gasteiger partial charge on any atom is -0.383 e. The lowest BCUT2D eigenvalue weighted by atomic mass is 10.1. The van der Waals surface area contributed by atoms with Crippen LogP contribution in [0.2, 0.25) is 0 Å². The molecule has 0 unspecified atom stereocenters. The van der Waals surface area contributed by atoms with Crippen molar-refractivity contribution in [3.8, 4) is 0 Å². The van der Waals surface area contributed by atoms with Crippen molar-refractivity contribution in [3.05, 3.63) is 0 Å². The number of carbonyl (C=O) groups excluding carboxylic acids is 1. The molecule has 0 rings (SSSR count). The van der Waals surface area contributed by atoms with E-state index >= 15 is 0 Å². The van der Waals surface area contributed by atoms with Gasteiger partial charge < -0.3 is 15.0 Å². The highest BCUT2D eigenvalue weighted by atomic mass is 19.4. The monoisotopic (exact) mass is 284 g/mol. The van der Waals surface area contributed by atoms with Crippen molar-refractivity contribution in [1.82, 2.24) is 10.2 Å². The number of nitrogens with zero attached hydrogens (tertiary/aromatic N) is 1. The summed E-state index contributed by atoms with van der Waals surface area (Å²) >= 11 is 0. The Morgan fingerprint density at radius 1 is 1.32 bits per heavy atom. The summed E-state index contributed by atoms with van der Waals surface area (Å²) in [5.74, 6) is -0.324. The molecule has 0 spiro atoms. The van der Waals surface area contributed by atoms with Gasteiger partial charge in [-0.25, -0.2) is 0 Å². The van der Waals surface area contributed by atoms with E-state index in [1.165, 1.54) is 7.11 Å². The number of methoxy groups -OCH3 is 1. The van der Waals surface area contributed by atoms with Gasteiger partial charge in [0.25, 0.3) is 0 Å². The largest absolute Gasteiger partial charge is 0.401 e. The number of ether oxygens (including phenoxy) is 1. The molecule has 0 aliphatic carbocycles. The molecular formula is C12H23F3N2O2.